The minimum Gasteiger partial charge on any atom is -0.366 e. The molecule has 0 N–H and O–H groups in total. The second kappa shape index (κ2) is 7.71. The van der Waals surface area contributed by atoms with Gasteiger partial charge >= 0.3 is 18.4 Å². The summed E-state index contributed by atoms with van der Waals surface area (Å²) in [6.45, 7) is 1.71. The number of alkyl halides is 6. The van der Waals surface area contributed by atoms with Crippen molar-refractivity contribution in [2.45, 2.75) is 24.2 Å². The highest BCUT2D eigenvalue weighted by atomic mass is 32.2. The van der Waals surface area contributed by atoms with Gasteiger partial charge in [0.25, 0.3) is 0 Å². The molecule has 0 aromatic heterocycles. The van der Waals surface area contributed by atoms with Gasteiger partial charge in [0.1, 0.15) is 5.57 Å². The van der Waals surface area contributed by atoms with Crippen LogP contribution in [-0.4, -0.2) is 10.4 Å². The molecule has 0 bridgehead atoms. The summed E-state index contributed by atoms with van der Waals surface area (Å²) in [5, 5.41) is 0. The zero-order chi connectivity index (χ0) is 20.4. The first-order valence-corrected chi connectivity index (χ1v) is 8.28. The summed E-state index contributed by atoms with van der Waals surface area (Å²) in [5.74, 6) is 0. The van der Waals surface area contributed by atoms with E-state index in [9.17, 15) is 34.9 Å². The van der Waals surface area contributed by atoms with Gasteiger partial charge in [-0.05, 0) is 36.8 Å². The maximum absolute atomic E-state index is 14.1. The van der Waals surface area contributed by atoms with E-state index in [4.69, 9.17) is 0 Å². The Hall–Kier alpha value is -2.36. The quantitative estimate of drug-likeness (QED) is 0.458. The zero-order valence-electron chi connectivity index (χ0n) is 13.5. The van der Waals surface area contributed by atoms with Crippen LogP contribution in [0.4, 0.5) is 30.7 Å². The Morgan fingerprint density at radius 1 is 0.889 bits per heavy atom. The number of benzene rings is 2. The lowest BCUT2D eigenvalue weighted by atomic mass is 10.0. The van der Waals surface area contributed by atoms with Gasteiger partial charge < -0.3 is 4.18 Å². The fourth-order valence-corrected chi connectivity index (χ4v) is 2.69. The Morgan fingerprint density at radius 3 is 1.85 bits per heavy atom. The Kier molecular flexibility index (Phi) is 5.98. The van der Waals surface area contributed by atoms with Gasteiger partial charge in [-0.2, -0.15) is 30.7 Å². The summed E-state index contributed by atoms with van der Waals surface area (Å²) in [6, 6.07) is 5.04. The molecule has 1 atom stereocenters. The molecule has 0 heterocycles. The highest BCUT2D eigenvalue weighted by molar-refractivity contribution is 7.80. The van der Waals surface area contributed by atoms with Gasteiger partial charge in [-0.3, -0.25) is 0 Å². The van der Waals surface area contributed by atoms with Crippen molar-refractivity contribution in [2.75, 3.05) is 0 Å². The molecular weight excluding hydrogens is 401 g/mol. The molecule has 1 unspecified atom stereocenters. The second-order valence-electron chi connectivity index (χ2n) is 5.35. The molecule has 0 spiro atoms. The number of hydrogen-bond donors (Lipinski definition) is 0. The van der Waals surface area contributed by atoms with Crippen molar-refractivity contribution < 1.29 is 39.1 Å². The SMILES string of the molecule is Cc1ccc(S(=O)O/C(F)=C(\c2ccc(C(F)(F)F)cc2)C(F)(F)F)cc1. The smallest absolute Gasteiger partial charge is 0.366 e. The molecule has 10 heteroatoms. The Bertz CT molecular complexity index is 851. The summed E-state index contributed by atoms with van der Waals surface area (Å²) < 4.78 is 107. The monoisotopic (exact) mass is 412 g/mol. The minimum atomic E-state index is -5.29. The molecular formula is C17H11F7O2S. The van der Waals surface area contributed by atoms with Gasteiger partial charge in [0.05, 0.1) is 10.5 Å². The van der Waals surface area contributed by atoms with E-state index in [2.05, 4.69) is 4.18 Å². The van der Waals surface area contributed by atoms with Gasteiger partial charge in [-0.25, -0.2) is 4.21 Å². The standard InChI is InChI=1S/C17H11F7O2S/c1-10-2-8-13(9-3-10)27(25)26-15(18)14(17(22,23)24)11-4-6-12(7-5-11)16(19,20)21/h2-9H,1H3/b15-14+. The summed E-state index contributed by atoms with van der Waals surface area (Å²) >= 11 is -2.58. The number of rotatable bonds is 4. The number of allylic oxidation sites excluding steroid dienone is 1. The van der Waals surface area contributed by atoms with Crippen LogP contribution in [0.2, 0.25) is 0 Å². The normalized spacial score (nSPS) is 14.5. The molecule has 0 fully saturated rings. The van der Waals surface area contributed by atoms with Crippen LogP contribution >= 0.6 is 0 Å². The lowest BCUT2D eigenvalue weighted by molar-refractivity contribution is -0.137. The van der Waals surface area contributed by atoms with Crippen LogP contribution in [0, 0.1) is 6.92 Å². The lowest BCUT2D eigenvalue weighted by Gasteiger charge is -2.14. The third-order valence-corrected chi connectivity index (χ3v) is 4.30. The summed E-state index contributed by atoms with van der Waals surface area (Å²) in [5.41, 5.74) is -3.28. The van der Waals surface area contributed by atoms with Crippen molar-refractivity contribution in [2.24, 2.45) is 0 Å². The first kappa shape index (κ1) is 20.9. The molecule has 0 aliphatic carbocycles. The van der Waals surface area contributed by atoms with E-state index in [-0.39, 0.29) is 4.90 Å². The van der Waals surface area contributed by atoms with Crippen LogP contribution in [0.25, 0.3) is 5.57 Å². The van der Waals surface area contributed by atoms with Crippen molar-refractivity contribution in [1.82, 2.24) is 0 Å². The third kappa shape index (κ3) is 5.31. The van der Waals surface area contributed by atoms with Gasteiger partial charge in [0, 0.05) is 0 Å². The van der Waals surface area contributed by atoms with E-state index in [0.717, 1.165) is 5.56 Å². The topological polar surface area (TPSA) is 26.3 Å². The van der Waals surface area contributed by atoms with Crippen LogP contribution in [0.3, 0.4) is 0 Å². The van der Waals surface area contributed by atoms with E-state index >= 15 is 0 Å². The summed E-state index contributed by atoms with van der Waals surface area (Å²) in [4.78, 5) is -0.0790. The van der Waals surface area contributed by atoms with Crippen molar-refractivity contribution in [3.8, 4) is 0 Å². The minimum absolute atomic E-state index is 0.0790. The van der Waals surface area contributed by atoms with E-state index in [1.54, 1.807) is 6.92 Å². The molecule has 27 heavy (non-hydrogen) atoms. The number of halogens is 7. The molecule has 2 aromatic carbocycles. The van der Waals surface area contributed by atoms with Crippen LogP contribution in [-0.2, 0) is 21.4 Å². The fourth-order valence-electron chi connectivity index (χ4n) is 2.02. The van der Waals surface area contributed by atoms with Crippen molar-refractivity contribution >= 4 is 16.7 Å². The number of aryl methyl sites for hydroxylation is 1. The molecule has 2 aromatic rings. The van der Waals surface area contributed by atoms with Crippen molar-refractivity contribution in [1.29, 1.82) is 0 Å². The molecule has 0 aliphatic rings. The molecule has 0 saturated carbocycles. The van der Waals surface area contributed by atoms with Crippen LogP contribution < -0.4 is 0 Å². The summed E-state index contributed by atoms with van der Waals surface area (Å²) in [6.07, 6.45) is -10.1. The third-order valence-electron chi connectivity index (χ3n) is 3.34. The lowest BCUT2D eigenvalue weighted by Crippen LogP contribution is -2.14. The molecule has 146 valence electrons. The average molecular weight is 412 g/mol. The zero-order valence-corrected chi connectivity index (χ0v) is 14.3. The molecule has 2 nitrogen and oxygen atoms in total. The maximum atomic E-state index is 14.1. The fraction of sp³-hybridized carbons (Fsp3) is 0.176. The predicted octanol–water partition coefficient (Wildman–Crippen LogP) is 5.95. The van der Waals surface area contributed by atoms with Gasteiger partial charge in [0.15, 0.2) is 0 Å². The Morgan fingerprint density at radius 2 is 1.41 bits per heavy atom. The molecule has 0 radical (unpaired) electrons. The average Bonchev–Trinajstić information content (AvgIpc) is 2.53. The van der Waals surface area contributed by atoms with E-state index in [1.165, 1.54) is 24.3 Å². The highest BCUT2D eigenvalue weighted by Gasteiger charge is 2.40. The van der Waals surface area contributed by atoms with Gasteiger partial charge in [-0.15, -0.1) is 0 Å². The van der Waals surface area contributed by atoms with Crippen molar-refractivity contribution in [3.05, 3.63) is 71.2 Å². The van der Waals surface area contributed by atoms with Crippen LogP contribution in [0.15, 0.2) is 59.4 Å². The van der Waals surface area contributed by atoms with Crippen molar-refractivity contribution in [3.63, 3.8) is 0 Å². The van der Waals surface area contributed by atoms with Crippen LogP contribution in [0.5, 0.6) is 0 Å². The van der Waals surface area contributed by atoms with E-state index in [0.29, 0.717) is 24.3 Å². The van der Waals surface area contributed by atoms with E-state index in [1.807, 2.05) is 0 Å². The first-order chi connectivity index (χ1) is 12.4. The Labute approximate surface area is 151 Å². The predicted molar refractivity (Wildman–Crippen MR) is 84.2 cm³/mol. The largest absolute Gasteiger partial charge is 0.422 e. The molecule has 0 aliphatic heterocycles. The van der Waals surface area contributed by atoms with Gasteiger partial charge in [0.2, 0.25) is 11.1 Å². The van der Waals surface area contributed by atoms with Crippen LogP contribution in [0.1, 0.15) is 16.7 Å². The Balaban J connectivity index is 2.39. The van der Waals surface area contributed by atoms with E-state index < -0.39 is 46.1 Å². The molecule has 0 amide bonds. The number of hydrogen-bond acceptors (Lipinski definition) is 2. The first-order valence-electron chi connectivity index (χ1n) is 7.21. The van der Waals surface area contributed by atoms with Gasteiger partial charge in [-0.1, -0.05) is 29.8 Å². The second-order valence-corrected chi connectivity index (χ2v) is 6.46. The highest BCUT2D eigenvalue weighted by Crippen LogP contribution is 2.39. The summed E-state index contributed by atoms with van der Waals surface area (Å²) in [7, 11) is 0. The molecule has 0 saturated heterocycles. The maximum Gasteiger partial charge on any atom is 0.422 e. The molecule has 2 rings (SSSR count).